The Kier molecular flexibility index (Phi) is 6.22. The molecule has 168 valence electrons. The molecule has 3 rings (SSSR count). The molecule has 0 saturated heterocycles. The average molecular weight is 496 g/mol. The first-order valence-corrected chi connectivity index (χ1v) is 12.6. The summed E-state index contributed by atoms with van der Waals surface area (Å²) in [6.45, 7) is 3.19. The monoisotopic (exact) mass is 496 g/mol. The van der Waals surface area contributed by atoms with Gasteiger partial charge in [0, 0.05) is 5.92 Å². The van der Waals surface area contributed by atoms with Gasteiger partial charge in [0.05, 0.1) is 31.0 Å². The highest BCUT2D eigenvalue weighted by molar-refractivity contribution is 7.66. The molecule has 0 spiro atoms. The Labute approximate surface area is 173 Å². The number of fused-ring (bicyclic) bond motifs is 1. The van der Waals surface area contributed by atoms with Gasteiger partial charge in [-0.2, -0.15) is 13.9 Å². The third-order valence-corrected chi connectivity index (χ3v) is 8.10. The van der Waals surface area contributed by atoms with Crippen molar-refractivity contribution in [2.75, 3.05) is 12.3 Å². The number of hydrogen-bond acceptors (Lipinski definition) is 11. The highest BCUT2D eigenvalue weighted by atomic mass is 31.3. The third-order valence-electron chi connectivity index (χ3n) is 4.30. The van der Waals surface area contributed by atoms with Gasteiger partial charge < -0.3 is 29.9 Å². The van der Waals surface area contributed by atoms with Crippen LogP contribution < -0.4 is 5.73 Å². The Morgan fingerprint density at radius 2 is 1.84 bits per heavy atom. The summed E-state index contributed by atoms with van der Waals surface area (Å²) in [5.41, 5.74) is 6.77. The van der Waals surface area contributed by atoms with Crippen molar-refractivity contribution in [1.29, 1.82) is 5.26 Å². The molecule has 1 aliphatic carbocycles. The van der Waals surface area contributed by atoms with Gasteiger partial charge in [-0.15, -0.1) is 0 Å². The molecule has 0 amide bonds. The van der Waals surface area contributed by atoms with Crippen LogP contribution >= 0.6 is 23.5 Å². The summed E-state index contributed by atoms with van der Waals surface area (Å²) >= 11 is 0. The van der Waals surface area contributed by atoms with Gasteiger partial charge in [-0.25, -0.2) is 28.6 Å². The molecule has 6 N–H and O–H groups in total. The van der Waals surface area contributed by atoms with Crippen LogP contribution in [0.1, 0.15) is 6.04 Å². The van der Waals surface area contributed by atoms with E-state index in [1.54, 1.807) is 0 Å². The predicted octanol–water partition coefficient (Wildman–Crippen LogP) is 0.619. The molecule has 2 aromatic rings. The number of anilines is 1. The van der Waals surface area contributed by atoms with Crippen molar-refractivity contribution in [3.05, 3.63) is 24.8 Å². The number of hydrogen-bond donors (Lipinski definition) is 5. The Bertz CT molecular complexity index is 1220. The molecule has 31 heavy (non-hydrogen) atoms. The molecule has 16 nitrogen and oxygen atoms in total. The standard InChI is InChI=1S/C12H15N6O10P3/c1-6-8(3-26-30(22,23)28-31(24,25)27-29(19,20)21)7(2-13)10(6)18-5-17-9-11(14)15-4-16-12(9)18/h4-5,7-8,10H,1,3H2,(H,22,23)(H,24,25)(H2,14,15,16)(H2,19,20,21)/t7-,8+,10-/m1/s1. The lowest BCUT2D eigenvalue weighted by atomic mass is 9.66. The molecular formula is C12H15N6O10P3. The van der Waals surface area contributed by atoms with Gasteiger partial charge in [0.15, 0.2) is 11.5 Å². The van der Waals surface area contributed by atoms with Gasteiger partial charge in [0.1, 0.15) is 11.8 Å². The summed E-state index contributed by atoms with van der Waals surface area (Å²) in [5, 5.41) is 9.52. The second-order valence-corrected chi connectivity index (χ2v) is 10.7. The molecule has 2 unspecified atom stereocenters. The summed E-state index contributed by atoms with van der Waals surface area (Å²) in [6, 6.07) is 1.38. The van der Waals surface area contributed by atoms with Gasteiger partial charge in [-0.05, 0) is 5.57 Å². The van der Waals surface area contributed by atoms with Crippen LogP contribution in [0.2, 0.25) is 0 Å². The fourth-order valence-corrected chi connectivity index (χ4v) is 6.10. The third kappa shape index (κ3) is 5.08. The van der Waals surface area contributed by atoms with Gasteiger partial charge >= 0.3 is 23.5 Å². The molecule has 1 saturated carbocycles. The summed E-state index contributed by atoms with van der Waals surface area (Å²) in [7, 11) is -16.4. The van der Waals surface area contributed by atoms with Crippen molar-refractivity contribution in [2.24, 2.45) is 11.8 Å². The Morgan fingerprint density at radius 1 is 1.16 bits per heavy atom. The van der Waals surface area contributed by atoms with Crippen molar-refractivity contribution < 1.29 is 46.4 Å². The lowest BCUT2D eigenvalue weighted by Crippen LogP contribution is -2.42. The van der Waals surface area contributed by atoms with E-state index < -0.39 is 48.0 Å². The molecule has 5 atom stereocenters. The normalized spacial score (nSPS) is 25.4. The van der Waals surface area contributed by atoms with E-state index in [2.05, 4.69) is 34.7 Å². The summed E-state index contributed by atoms with van der Waals surface area (Å²) in [6.07, 6.45) is 2.60. The largest absolute Gasteiger partial charge is 0.490 e. The number of rotatable bonds is 8. The van der Waals surface area contributed by atoms with Crippen LogP contribution in [-0.4, -0.2) is 45.7 Å². The zero-order chi connectivity index (χ0) is 23.2. The molecule has 1 fully saturated rings. The maximum Gasteiger partial charge on any atom is 0.490 e. The summed E-state index contributed by atoms with van der Waals surface area (Å²) < 4.78 is 47.3. The lowest BCUT2D eigenvalue weighted by molar-refractivity contribution is 0.114. The molecule has 0 bridgehead atoms. The number of phosphoric ester groups is 1. The number of nitrogen functional groups attached to an aromatic ring is 1. The van der Waals surface area contributed by atoms with Crippen LogP contribution in [0.15, 0.2) is 24.8 Å². The number of nitrogens with zero attached hydrogens (tertiary/aromatic N) is 5. The zero-order valence-corrected chi connectivity index (χ0v) is 17.9. The van der Waals surface area contributed by atoms with Gasteiger partial charge in [-0.3, -0.25) is 4.52 Å². The van der Waals surface area contributed by atoms with Crippen molar-refractivity contribution in [1.82, 2.24) is 19.5 Å². The van der Waals surface area contributed by atoms with Crippen LogP contribution in [-0.2, 0) is 26.8 Å². The maximum absolute atomic E-state index is 11.9. The molecular weight excluding hydrogens is 481 g/mol. The number of nitrogens with two attached hydrogens (primary N) is 1. The molecule has 2 aromatic heterocycles. The minimum atomic E-state index is -5.63. The van der Waals surface area contributed by atoms with Crippen LogP contribution in [0.4, 0.5) is 5.82 Å². The smallest absolute Gasteiger partial charge is 0.382 e. The van der Waals surface area contributed by atoms with Gasteiger partial charge in [0.25, 0.3) is 0 Å². The van der Waals surface area contributed by atoms with Gasteiger partial charge in [0.2, 0.25) is 0 Å². The van der Waals surface area contributed by atoms with Crippen molar-refractivity contribution in [3.63, 3.8) is 0 Å². The number of aromatic nitrogens is 4. The van der Waals surface area contributed by atoms with E-state index in [1.807, 2.05) is 6.07 Å². The Hall–Kier alpha value is -2.01. The maximum atomic E-state index is 11.9. The number of imidazole rings is 1. The second kappa shape index (κ2) is 8.16. The van der Waals surface area contributed by atoms with Crippen LogP contribution in [0, 0.1) is 23.2 Å². The second-order valence-electron chi connectivity index (χ2n) is 6.25. The fourth-order valence-electron chi connectivity index (χ4n) is 3.06. The van der Waals surface area contributed by atoms with E-state index in [9.17, 15) is 23.9 Å². The van der Waals surface area contributed by atoms with E-state index in [4.69, 9.17) is 20.4 Å². The first kappa shape index (κ1) is 23.6. The minimum Gasteiger partial charge on any atom is -0.382 e. The minimum absolute atomic E-state index is 0.131. The topological polar surface area (TPSA) is 253 Å². The molecule has 0 radical (unpaired) electrons. The molecule has 0 aliphatic heterocycles. The average Bonchev–Trinajstić information content (AvgIpc) is 3.01. The quantitative estimate of drug-likeness (QED) is 0.248. The number of phosphoric acid groups is 3. The Balaban J connectivity index is 1.71. The SMILES string of the molecule is C=C1[C@@H](n2cnc3c(N)ncnc32)[C@H](C#N)[C@H]1COP(=O)(O)OP(=O)(O)OP(=O)(O)O. The van der Waals surface area contributed by atoms with Crippen LogP contribution in [0.25, 0.3) is 11.2 Å². The van der Waals surface area contributed by atoms with E-state index >= 15 is 0 Å². The Morgan fingerprint density at radius 3 is 2.45 bits per heavy atom. The van der Waals surface area contributed by atoms with Crippen LogP contribution in [0.5, 0.6) is 0 Å². The highest BCUT2D eigenvalue weighted by Gasteiger charge is 2.49. The van der Waals surface area contributed by atoms with E-state index in [-0.39, 0.29) is 5.82 Å². The van der Waals surface area contributed by atoms with E-state index in [0.29, 0.717) is 16.7 Å². The van der Waals surface area contributed by atoms with Crippen LogP contribution in [0.3, 0.4) is 0 Å². The van der Waals surface area contributed by atoms with E-state index in [1.165, 1.54) is 17.2 Å². The van der Waals surface area contributed by atoms with Crippen molar-refractivity contribution in [3.8, 4) is 6.07 Å². The van der Waals surface area contributed by atoms with E-state index in [0.717, 1.165) is 0 Å². The molecule has 2 heterocycles. The van der Waals surface area contributed by atoms with Crippen molar-refractivity contribution in [2.45, 2.75) is 6.04 Å². The molecule has 19 heteroatoms. The summed E-state index contributed by atoms with van der Waals surface area (Å²) in [4.78, 5) is 47.8. The van der Waals surface area contributed by atoms with Crippen molar-refractivity contribution >= 4 is 40.4 Å². The number of nitriles is 1. The molecule has 0 aromatic carbocycles. The first-order valence-electron chi connectivity index (χ1n) is 8.04. The summed E-state index contributed by atoms with van der Waals surface area (Å²) in [5.74, 6) is -1.49. The lowest BCUT2D eigenvalue weighted by Gasteiger charge is -2.43. The molecule has 1 aliphatic rings. The predicted molar refractivity (Wildman–Crippen MR) is 100 cm³/mol. The zero-order valence-electron chi connectivity index (χ0n) is 15.2. The fraction of sp³-hybridized carbons (Fsp3) is 0.333. The highest BCUT2D eigenvalue weighted by Crippen LogP contribution is 2.66. The first-order chi connectivity index (χ1) is 14.2. The van der Waals surface area contributed by atoms with Gasteiger partial charge in [-0.1, -0.05) is 6.58 Å².